The molecule has 0 amide bonds. The monoisotopic (exact) mass is 350 g/mol. The molecule has 1 saturated heterocycles. The molecule has 2 aliphatic heterocycles. The molecule has 0 radical (unpaired) electrons. The summed E-state index contributed by atoms with van der Waals surface area (Å²) in [6, 6.07) is 6.05. The Morgan fingerprint density at radius 2 is 2.26 bits per heavy atom. The highest BCUT2D eigenvalue weighted by molar-refractivity contribution is 7.16. The topological polar surface area (TPSA) is 54.1 Å². The maximum atomic E-state index is 11.3. The van der Waals surface area contributed by atoms with Crippen molar-refractivity contribution in [3.05, 3.63) is 55.1 Å². The van der Waals surface area contributed by atoms with Crippen LogP contribution in [0.3, 0.4) is 0 Å². The minimum Gasteiger partial charge on any atom is -0.369 e. The molecule has 2 aliphatic rings. The summed E-state index contributed by atoms with van der Waals surface area (Å²) in [5.74, 6) is 0. The van der Waals surface area contributed by atoms with Crippen LogP contribution in [0.4, 0.5) is 0 Å². The van der Waals surface area contributed by atoms with Crippen molar-refractivity contribution in [2.75, 3.05) is 6.61 Å². The van der Waals surface area contributed by atoms with Crippen molar-refractivity contribution in [2.45, 2.75) is 43.9 Å². The Labute approximate surface area is 143 Å². The number of pyridine rings is 1. The molecule has 0 unspecified atom stereocenters. The van der Waals surface area contributed by atoms with Gasteiger partial charge in [0.1, 0.15) is 5.60 Å². The quantitative estimate of drug-likeness (QED) is 0.829. The van der Waals surface area contributed by atoms with E-state index < -0.39 is 0 Å². The van der Waals surface area contributed by atoms with Gasteiger partial charge in [0.15, 0.2) is 0 Å². The predicted molar refractivity (Wildman–Crippen MR) is 92.3 cm³/mol. The second kappa shape index (κ2) is 5.74. The van der Waals surface area contributed by atoms with Gasteiger partial charge in [0, 0.05) is 35.6 Å². The SMILES string of the molecule is C[C@H]1C[C@@]2(C[C@@H](c3ccc(=O)[nH]c3)N1)OCCc1cc(Cl)sc12. The first-order valence-electron chi connectivity index (χ1n) is 7.93. The maximum Gasteiger partial charge on any atom is 0.247 e. The zero-order chi connectivity index (χ0) is 16.0. The lowest BCUT2D eigenvalue weighted by Crippen LogP contribution is -2.49. The average molecular weight is 351 g/mol. The van der Waals surface area contributed by atoms with Crippen molar-refractivity contribution in [2.24, 2.45) is 0 Å². The first kappa shape index (κ1) is 15.4. The molecular weight excluding hydrogens is 332 g/mol. The third-order valence-electron chi connectivity index (χ3n) is 4.81. The van der Waals surface area contributed by atoms with Gasteiger partial charge in [0.05, 0.1) is 10.9 Å². The lowest BCUT2D eigenvalue weighted by molar-refractivity contribution is -0.0954. The summed E-state index contributed by atoms with van der Waals surface area (Å²) in [6.45, 7) is 2.93. The molecule has 1 fully saturated rings. The van der Waals surface area contributed by atoms with Gasteiger partial charge in [0.25, 0.3) is 0 Å². The molecule has 122 valence electrons. The predicted octanol–water partition coefficient (Wildman–Crippen LogP) is 3.37. The number of piperidine rings is 1. The number of H-pyrrole nitrogens is 1. The number of nitrogens with one attached hydrogen (secondary N) is 2. The van der Waals surface area contributed by atoms with Crippen LogP contribution in [0.2, 0.25) is 4.34 Å². The summed E-state index contributed by atoms with van der Waals surface area (Å²) < 4.78 is 7.17. The lowest BCUT2D eigenvalue weighted by Gasteiger charge is -2.46. The van der Waals surface area contributed by atoms with E-state index in [2.05, 4.69) is 23.3 Å². The van der Waals surface area contributed by atoms with Crippen molar-refractivity contribution in [1.82, 2.24) is 10.3 Å². The number of hydrogen-bond acceptors (Lipinski definition) is 4. The Morgan fingerprint density at radius 1 is 1.39 bits per heavy atom. The summed E-state index contributed by atoms with van der Waals surface area (Å²) in [4.78, 5) is 15.4. The van der Waals surface area contributed by atoms with Crippen molar-refractivity contribution < 1.29 is 4.74 Å². The van der Waals surface area contributed by atoms with Gasteiger partial charge in [-0.1, -0.05) is 17.7 Å². The second-order valence-corrected chi connectivity index (χ2v) is 8.20. The first-order chi connectivity index (χ1) is 11.1. The van der Waals surface area contributed by atoms with Crippen LogP contribution in [-0.2, 0) is 16.8 Å². The Morgan fingerprint density at radius 3 is 3.04 bits per heavy atom. The van der Waals surface area contributed by atoms with Gasteiger partial charge >= 0.3 is 0 Å². The van der Waals surface area contributed by atoms with Crippen LogP contribution in [0.1, 0.15) is 41.8 Å². The number of thiophene rings is 1. The van der Waals surface area contributed by atoms with Crippen LogP contribution in [0.5, 0.6) is 0 Å². The number of fused-ring (bicyclic) bond motifs is 2. The van der Waals surface area contributed by atoms with Crippen LogP contribution in [0.25, 0.3) is 0 Å². The fourth-order valence-electron chi connectivity index (χ4n) is 3.91. The molecule has 2 aromatic heterocycles. The Kier molecular flexibility index (Phi) is 3.84. The van der Waals surface area contributed by atoms with E-state index in [1.807, 2.05) is 6.07 Å². The number of rotatable bonds is 1. The second-order valence-electron chi connectivity index (χ2n) is 6.51. The Balaban J connectivity index is 1.72. The number of aromatic nitrogens is 1. The minimum absolute atomic E-state index is 0.0754. The van der Waals surface area contributed by atoms with Crippen LogP contribution < -0.4 is 10.9 Å². The molecule has 4 heterocycles. The summed E-state index contributed by atoms with van der Waals surface area (Å²) in [6.07, 6.45) is 4.53. The zero-order valence-corrected chi connectivity index (χ0v) is 14.5. The van der Waals surface area contributed by atoms with Gasteiger partial charge in [-0.15, -0.1) is 11.3 Å². The summed E-state index contributed by atoms with van der Waals surface area (Å²) in [5, 5.41) is 3.63. The molecule has 3 atom stereocenters. The maximum absolute atomic E-state index is 11.3. The van der Waals surface area contributed by atoms with E-state index in [0.717, 1.165) is 35.8 Å². The van der Waals surface area contributed by atoms with Gasteiger partial charge in [-0.05, 0) is 37.0 Å². The third-order valence-corrected chi connectivity index (χ3v) is 6.30. The molecule has 23 heavy (non-hydrogen) atoms. The van der Waals surface area contributed by atoms with E-state index in [0.29, 0.717) is 6.04 Å². The zero-order valence-electron chi connectivity index (χ0n) is 12.9. The molecular formula is C17H19ClN2O2S. The van der Waals surface area contributed by atoms with E-state index in [1.54, 1.807) is 23.6 Å². The molecule has 4 nitrogen and oxygen atoms in total. The van der Waals surface area contributed by atoms with Crippen LogP contribution >= 0.6 is 22.9 Å². The summed E-state index contributed by atoms with van der Waals surface area (Å²) >= 11 is 7.92. The van der Waals surface area contributed by atoms with Gasteiger partial charge in [-0.2, -0.15) is 0 Å². The van der Waals surface area contributed by atoms with E-state index in [4.69, 9.17) is 16.3 Å². The normalized spacial score (nSPS) is 30.3. The van der Waals surface area contributed by atoms with Crippen molar-refractivity contribution >= 4 is 22.9 Å². The fraction of sp³-hybridized carbons (Fsp3) is 0.471. The third kappa shape index (κ3) is 2.76. The first-order valence-corrected chi connectivity index (χ1v) is 9.12. The summed E-state index contributed by atoms with van der Waals surface area (Å²) in [5.41, 5.74) is 2.08. The van der Waals surface area contributed by atoms with Gasteiger partial charge in [-0.3, -0.25) is 4.79 Å². The van der Waals surface area contributed by atoms with Gasteiger partial charge in [0.2, 0.25) is 5.56 Å². The van der Waals surface area contributed by atoms with Crippen LogP contribution in [0, 0.1) is 0 Å². The molecule has 1 spiro atoms. The smallest absolute Gasteiger partial charge is 0.247 e. The van der Waals surface area contributed by atoms with Gasteiger partial charge < -0.3 is 15.0 Å². The largest absolute Gasteiger partial charge is 0.369 e. The highest BCUT2D eigenvalue weighted by Gasteiger charge is 2.46. The van der Waals surface area contributed by atoms with Crippen LogP contribution in [0.15, 0.2) is 29.2 Å². The average Bonchev–Trinajstić information content (AvgIpc) is 2.90. The van der Waals surface area contributed by atoms with Crippen molar-refractivity contribution in [1.29, 1.82) is 0 Å². The standard InChI is InChI=1S/C17H19ClN2O2S/c1-10-7-17(16-11(4-5-22-17)6-14(18)23-16)8-13(20-10)12-2-3-15(21)19-9-12/h2-3,6,9-10,13,20H,4-5,7-8H2,1H3,(H,19,21)/t10-,13-,17-/m0/s1. The van der Waals surface area contributed by atoms with E-state index in [9.17, 15) is 4.79 Å². The molecule has 0 saturated carbocycles. The molecule has 6 heteroatoms. The van der Waals surface area contributed by atoms with E-state index >= 15 is 0 Å². The fourth-order valence-corrected chi connectivity index (χ4v) is 5.38. The molecule has 2 aromatic rings. The highest BCUT2D eigenvalue weighted by Crippen LogP contribution is 2.49. The van der Waals surface area contributed by atoms with E-state index in [-0.39, 0.29) is 17.2 Å². The summed E-state index contributed by atoms with van der Waals surface area (Å²) in [7, 11) is 0. The minimum atomic E-state index is -0.267. The molecule has 0 aromatic carbocycles. The van der Waals surface area contributed by atoms with Crippen molar-refractivity contribution in [3.8, 4) is 0 Å². The van der Waals surface area contributed by atoms with E-state index in [1.165, 1.54) is 10.4 Å². The number of aromatic amines is 1. The molecule has 0 aliphatic carbocycles. The lowest BCUT2D eigenvalue weighted by atomic mass is 9.78. The Hall–Kier alpha value is -1.14. The van der Waals surface area contributed by atoms with Crippen molar-refractivity contribution in [3.63, 3.8) is 0 Å². The Bertz CT molecular complexity index is 767. The number of ether oxygens (including phenoxy) is 1. The highest BCUT2D eigenvalue weighted by atomic mass is 35.5. The number of halogens is 1. The molecule has 2 N–H and O–H groups in total. The van der Waals surface area contributed by atoms with Crippen LogP contribution in [-0.4, -0.2) is 17.6 Å². The molecule has 0 bridgehead atoms. The molecule has 4 rings (SSSR count). The van der Waals surface area contributed by atoms with Gasteiger partial charge in [-0.25, -0.2) is 0 Å². The number of hydrogen-bond donors (Lipinski definition) is 2.